The van der Waals surface area contributed by atoms with Crippen LogP contribution in [0.3, 0.4) is 0 Å². The first-order valence-corrected chi connectivity index (χ1v) is 5.77. The first-order chi connectivity index (χ1) is 5.65. The van der Waals surface area contributed by atoms with E-state index in [1.165, 1.54) is 0 Å². The molecule has 1 fully saturated rings. The molecular weight excluding hydrogens is 198 g/mol. The van der Waals surface area contributed by atoms with E-state index in [0.717, 1.165) is 0 Å². The maximum absolute atomic E-state index is 11.2. The first-order valence-electron chi connectivity index (χ1n) is 3.86. The smallest absolute Gasteiger partial charge is 0.237 e. The van der Waals surface area contributed by atoms with Crippen LogP contribution in [-0.2, 0) is 15.6 Å². The highest BCUT2D eigenvalue weighted by atomic mass is 35.5. The Morgan fingerprint density at radius 3 is 2.92 bits per heavy atom. The predicted octanol–water partition coefficient (Wildman–Crippen LogP) is 0.205. The van der Waals surface area contributed by atoms with Crippen molar-refractivity contribution in [2.24, 2.45) is 0 Å². The van der Waals surface area contributed by atoms with Gasteiger partial charge in [0.25, 0.3) is 0 Å². The number of rotatable bonds is 1. The van der Waals surface area contributed by atoms with Gasteiger partial charge in [0, 0.05) is 34.9 Å². The fourth-order valence-corrected chi connectivity index (χ4v) is 2.52. The van der Waals surface area contributed by atoms with E-state index in [-0.39, 0.29) is 17.0 Å². The average Bonchev–Trinajstić information content (AvgIpc) is 2.08. The minimum Gasteiger partial charge on any atom is -0.340 e. The van der Waals surface area contributed by atoms with Gasteiger partial charge in [-0.05, 0) is 6.92 Å². The molecular formula is C7H12ClNO2S. The van der Waals surface area contributed by atoms with E-state index in [2.05, 4.69) is 0 Å². The molecule has 12 heavy (non-hydrogen) atoms. The number of carbonyl (C=O) groups is 1. The van der Waals surface area contributed by atoms with Crippen LogP contribution in [0, 0.1) is 0 Å². The van der Waals surface area contributed by atoms with Crippen LogP contribution in [0.15, 0.2) is 0 Å². The van der Waals surface area contributed by atoms with Gasteiger partial charge < -0.3 is 4.90 Å². The zero-order chi connectivity index (χ0) is 9.14. The van der Waals surface area contributed by atoms with E-state index in [1.54, 1.807) is 4.90 Å². The molecule has 1 amide bonds. The third-order valence-electron chi connectivity index (χ3n) is 1.96. The third kappa shape index (κ3) is 2.20. The largest absolute Gasteiger partial charge is 0.340 e. The van der Waals surface area contributed by atoms with Crippen molar-refractivity contribution >= 4 is 28.3 Å². The number of amides is 1. The molecule has 0 N–H and O–H groups in total. The number of alkyl halides is 1. The normalized spacial score (nSPS) is 30.3. The summed E-state index contributed by atoms with van der Waals surface area (Å²) in [6.07, 6.45) is 0. The van der Waals surface area contributed by atoms with Gasteiger partial charge in [0.05, 0.1) is 0 Å². The SMILES string of the molecule is CC1CN(C(=O)CCl)CCS1=O. The maximum atomic E-state index is 11.2. The quantitative estimate of drug-likeness (QED) is 0.579. The Morgan fingerprint density at radius 1 is 1.75 bits per heavy atom. The van der Waals surface area contributed by atoms with Gasteiger partial charge in [-0.25, -0.2) is 0 Å². The van der Waals surface area contributed by atoms with Crippen molar-refractivity contribution in [3.8, 4) is 0 Å². The Morgan fingerprint density at radius 2 is 2.42 bits per heavy atom. The van der Waals surface area contributed by atoms with Crippen LogP contribution >= 0.6 is 11.6 Å². The van der Waals surface area contributed by atoms with E-state index < -0.39 is 10.8 Å². The van der Waals surface area contributed by atoms with E-state index in [4.69, 9.17) is 11.6 Å². The Bertz CT molecular complexity index is 210. The number of nitrogens with zero attached hydrogens (tertiary/aromatic N) is 1. The summed E-state index contributed by atoms with van der Waals surface area (Å²) in [5.41, 5.74) is 0. The van der Waals surface area contributed by atoms with Crippen LogP contribution in [0.5, 0.6) is 0 Å². The summed E-state index contributed by atoms with van der Waals surface area (Å²) in [5, 5.41) is 0.0888. The molecule has 0 aliphatic carbocycles. The minimum atomic E-state index is -0.761. The Hall–Kier alpha value is -0.0900. The Kier molecular flexibility index (Phi) is 3.53. The molecule has 0 aromatic rings. The summed E-state index contributed by atoms with van der Waals surface area (Å²) < 4.78 is 11.2. The molecule has 1 aliphatic rings. The molecule has 5 heteroatoms. The monoisotopic (exact) mass is 209 g/mol. The predicted molar refractivity (Wildman–Crippen MR) is 49.8 cm³/mol. The van der Waals surface area contributed by atoms with Crippen molar-refractivity contribution < 1.29 is 9.00 Å². The van der Waals surface area contributed by atoms with Gasteiger partial charge in [0.15, 0.2) is 0 Å². The molecule has 0 aromatic heterocycles. The number of halogens is 1. The zero-order valence-electron chi connectivity index (χ0n) is 6.96. The van der Waals surface area contributed by atoms with Crippen molar-refractivity contribution in [1.29, 1.82) is 0 Å². The van der Waals surface area contributed by atoms with Crippen molar-refractivity contribution in [2.45, 2.75) is 12.2 Å². The second-order valence-electron chi connectivity index (χ2n) is 2.87. The zero-order valence-corrected chi connectivity index (χ0v) is 8.53. The van der Waals surface area contributed by atoms with Crippen LogP contribution in [0.2, 0.25) is 0 Å². The second-order valence-corrected chi connectivity index (χ2v) is 5.11. The molecule has 1 aliphatic heterocycles. The molecule has 0 radical (unpaired) electrons. The summed E-state index contributed by atoms with van der Waals surface area (Å²) in [5.74, 6) is 0.559. The van der Waals surface area contributed by atoms with Crippen molar-refractivity contribution in [3.05, 3.63) is 0 Å². The minimum absolute atomic E-state index is 0.0271. The lowest BCUT2D eigenvalue weighted by Gasteiger charge is -2.29. The molecule has 3 nitrogen and oxygen atoms in total. The summed E-state index contributed by atoms with van der Waals surface area (Å²) in [6.45, 7) is 3.06. The molecule has 0 aromatic carbocycles. The van der Waals surface area contributed by atoms with E-state index in [9.17, 15) is 9.00 Å². The van der Waals surface area contributed by atoms with E-state index >= 15 is 0 Å². The summed E-state index contributed by atoms with van der Waals surface area (Å²) in [6, 6.07) is 0. The van der Waals surface area contributed by atoms with Gasteiger partial charge in [-0.2, -0.15) is 0 Å². The van der Waals surface area contributed by atoms with Crippen LogP contribution in [0.25, 0.3) is 0 Å². The Balaban J connectivity index is 2.50. The van der Waals surface area contributed by atoms with Gasteiger partial charge in [0.1, 0.15) is 5.88 Å². The third-order valence-corrected chi connectivity index (χ3v) is 3.82. The first kappa shape index (κ1) is 9.99. The molecule has 0 spiro atoms. The Labute approximate surface area is 79.5 Å². The molecule has 70 valence electrons. The summed E-state index contributed by atoms with van der Waals surface area (Å²) in [4.78, 5) is 12.8. The molecule has 2 unspecified atom stereocenters. The number of hydrogen-bond donors (Lipinski definition) is 0. The highest BCUT2D eigenvalue weighted by Gasteiger charge is 2.24. The van der Waals surface area contributed by atoms with Crippen molar-refractivity contribution in [3.63, 3.8) is 0 Å². The van der Waals surface area contributed by atoms with Crippen LogP contribution in [-0.4, -0.2) is 45.0 Å². The second kappa shape index (κ2) is 4.23. The topological polar surface area (TPSA) is 37.4 Å². The van der Waals surface area contributed by atoms with E-state index in [0.29, 0.717) is 18.8 Å². The van der Waals surface area contributed by atoms with Gasteiger partial charge >= 0.3 is 0 Å². The highest BCUT2D eigenvalue weighted by molar-refractivity contribution is 7.85. The maximum Gasteiger partial charge on any atom is 0.237 e. The molecule has 1 saturated heterocycles. The lowest BCUT2D eigenvalue weighted by atomic mass is 10.4. The van der Waals surface area contributed by atoms with Crippen molar-refractivity contribution in [2.75, 3.05) is 24.7 Å². The summed E-state index contributed by atoms with van der Waals surface area (Å²) >= 11 is 5.40. The van der Waals surface area contributed by atoms with Gasteiger partial charge in [-0.15, -0.1) is 11.6 Å². The van der Waals surface area contributed by atoms with Gasteiger partial charge in [-0.3, -0.25) is 9.00 Å². The average molecular weight is 210 g/mol. The fraction of sp³-hybridized carbons (Fsp3) is 0.857. The fourth-order valence-electron chi connectivity index (χ4n) is 1.20. The van der Waals surface area contributed by atoms with Crippen LogP contribution in [0.4, 0.5) is 0 Å². The van der Waals surface area contributed by atoms with Crippen molar-refractivity contribution in [1.82, 2.24) is 4.90 Å². The number of carbonyl (C=O) groups excluding carboxylic acids is 1. The lowest BCUT2D eigenvalue weighted by molar-refractivity contribution is -0.128. The van der Waals surface area contributed by atoms with Gasteiger partial charge in [0.2, 0.25) is 5.91 Å². The molecule has 0 bridgehead atoms. The molecule has 1 rings (SSSR count). The highest BCUT2D eigenvalue weighted by Crippen LogP contribution is 2.08. The molecule has 1 heterocycles. The van der Waals surface area contributed by atoms with Crippen LogP contribution < -0.4 is 0 Å². The number of hydrogen-bond acceptors (Lipinski definition) is 2. The van der Waals surface area contributed by atoms with Crippen LogP contribution in [0.1, 0.15) is 6.92 Å². The van der Waals surface area contributed by atoms with E-state index in [1.807, 2.05) is 6.92 Å². The van der Waals surface area contributed by atoms with Gasteiger partial charge in [-0.1, -0.05) is 0 Å². The molecule has 0 saturated carbocycles. The summed E-state index contributed by atoms with van der Waals surface area (Å²) in [7, 11) is -0.761. The molecule has 2 atom stereocenters. The lowest BCUT2D eigenvalue weighted by Crippen LogP contribution is -2.46. The standard InChI is InChI=1S/C7H12ClNO2S/c1-6-5-9(7(10)4-8)2-3-12(6)11/h6H,2-5H2,1H3.